The van der Waals surface area contributed by atoms with Gasteiger partial charge in [0.15, 0.2) is 5.69 Å². The molecule has 0 aliphatic carbocycles. The number of carbonyl (C=O) groups is 1. The van der Waals surface area contributed by atoms with Gasteiger partial charge in [-0.25, -0.2) is 4.39 Å². The van der Waals surface area contributed by atoms with E-state index in [-0.39, 0.29) is 17.0 Å². The highest BCUT2D eigenvalue weighted by molar-refractivity contribution is 6.02. The van der Waals surface area contributed by atoms with Crippen molar-refractivity contribution in [1.82, 2.24) is 15.4 Å². The molecule has 0 atom stereocenters. The highest BCUT2D eigenvalue weighted by Gasteiger charge is 2.21. The van der Waals surface area contributed by atoms with Crippen LogP contribution in [0.4, 0.5) is 4.39 Å². The number of nitrogens with zero attached hydrogens (tertiary/aromatic N) is 2. The Morgan fingerprint density at radius 1 is 1.33 bits per heavy atom. The predicted molar refractivity (Wildman–Crippen MR) is 60.1 cm³/mol. The van der Waals surface area contributed by atoms with Crippen molar-refractivity contribution >= 4 is 16.9 Å². The lowest BCUT2D eigenvalue weighted by Crippen LogP contribution is -2.13. The summed E-state index contributed by atoms with van der Waals surface area (Å²) in [6.07, 6.45) is 1.43. The highest BCUT2D eigenvalue weighted by Crippen LogP contribution is 2.31. The van der Waals surface area contributed by atoms with Gasteiger partial charge in [0, 0.05) is 5.39 Å². The van der Waals surface area contributed by atoms with E-state index in [2.05, 4.69) is 15.4 Å². The molecule has 6 nitrogen and oxygen atoms in total. The van der Waals surface area contributed by atoms with Gasteiger partial charge in [-0.2, -0.15) is 15.4 Å². The molecule has 0 bridgehead atoms. The van der Waals surface area contributed by atoms with Gasteiger partial charge in [0.1, 0.15) is 17.1 Å². The zero-order valence-electron chi connectivity index (χ0n) is 8.98. The van der Waals surface area contributed by atoms with Crippen molar-refractivity contribution in [2.24, 2.45) is 5.73 Å². The van der Waals surface area contributed by atoms with Crippen LogP contribution in [0.15, 0.2) is 28.9 Å². The maximum Gasteiger partial charge on any atom is 0.271 e. The Balaban J connectivity index is 2.37. The van der Waals surface area contributed by atoms with Crippen molar-refractivity contribution in [2.45, 2.75) is 0 Å². The molecule has 0 unspecified atom stereocenters. The van der Waals surface area contributed by atoms with Gasteiger partial charge in [-0.1, -0.05) is 0 Å². The number of nitrogens with two attached hydrogens (primary N) is 1. The molecule has 18 heavy (non-hydrogen) atoms. The van der Waals surface area contributed by atoms with Crippen LogP contribution in [0.3, 0.4) is 0 Å². The molecule has 1 aromatic carbocycles. The van der Waals surface area contributed by atoms with Crippen LogP contribution in [0.25, 0.3) is 22.2 Å². The summed E-state index contributed by atoms with van der Waals surface area (Å²) in [5.74, 6) is -1.31. The first-order chi connectivity index (χ1) is 8.68. The van der Waals surface area contributed by atoms with E-state index in [0.717, 1.165) is 0 Å². The van der Waals surface area contributed by atoms with E-state index in [1.807, 2.05) is 0 Å². The average Bonchev–Trinajstić information content (AvgIpc) is 2.95. The highest BCUT2D eigenvalue weighted by atomic mass is 19.1. The molecule has 0 saturated heterocycles. The Bertz CT molecular complexity index is 746. The summed E-state index contributed by atoms with van der Waals surface area (Å²) in [5, 5.41) is 10.2. The molecule has 90 valence electrons. The number of hydrogen-bond acceptors (Lipinski definition) is 4. The average molecular weight is 246 g/mol. The van der Waals surface area contributed by atoms with Crippen LogP contribution in [0.5, 0.6) is 0 Å². The minimum absolute atomic E-state index is 0.0759. The van der Waals surface area contributed by atoms with Gasteiger partial charge in [0.2, 0.25) is 0 Å². The van der Waals surface area contributed by atoms with Gasteiger partial charge in [0.25, 0.3) is 5.91 Å². The molecule has 7 heteroatoms. The van der Waals surface area contributed by atoms with Gasteiger partial charge < -0.3 is 10.2 Å². The standard InChI is InChI=1S/C11H7FN4O2/c12-6-1-2-7-5(3-4-18-7)8(6)9-10(11(13)17)15-16-14-9/h1-4H,(H2,13,17)(H,14,15,16). The van der Waals surface area contributed by atoms with Gasteiger partial charge in [0.05, 0.1) is 11.8 Å². The number of furan rings is 1. The molecule has 3 N–H and O–H groups in total. The van der Waals surface area contributed by atoms with Crippen LogP contribution in [-0.2, 0) is 0 Å². The predicted octanol–water partition coefficient (Wildman–Crippen LogP) is 1.46. The van der Waals surface area contributed by atoms with E-state index in [0.29, 0.717) is 11.0 Å². The second-order valence-electron chi connectivity index (χ2n) is 3.64. The summed E-state index contributed by atoms with van der Waals surface area (Å²) in [7, 11) is 0. The minimum Gasteiger partial charge on any atom is -0.464 e. The van der Waals surface area contributed by atoms with E-state index >= 15 is 0 Å². The molecular weight excluding hydrogens is 239 g/mol. The number of rotatable bonds is 2. The Morgan fingerprint density at radius 3 is 2.94 bits per heavy atom. The van der Waals surface area contributed by atoms with Crippen LogP contribution < -0.4 is 5.73 Å². The summed E-state index contributed by atoms with van der Waals surface area (Å²) in [5.41, 5.74) is 5.76. The second kappa shape index (κ2) is 3.66. The maximum atomic E-state index is 13.9. The fourth-order valence-corrected chi connectivity index (χ4v) is 1.84. The number of hydrogen-bond donors (Lipinski definition) is 2. The fraction of sp³-hybridized carbons (Fsp3) is 0. The normalized spacial score (nSPS) is 10.9. The van der Waals surface area contributed by atoms with Gasteiger partial charge >= 0.3 is 0 Å². The van der Waals surface area contributed by atoms with Gasteiger partial charge in [-0.3, -0.25) is 4.79 Å². The fourth-order valence-electron chi connectivity index (χ4n) is 1.84. The third kappa shape index (κ3) is 1.37. The molecule has 0 aliphatic rings. The first-order valence-electron chi connectivity index (χ1n) is 5.05. The Labute approximate surface area is 99.6 Å². The molecule has 2 aromatic heterocycles. The Kier molecular flexibility index (Phi) is 2.12. The molecule has 0 radical (unpaired) electrons. The van der Waals surface area contributed by atoms with Crippen molar-refractivity contribution in [3.8, 4) is 11.3 Å². The molecule has 0 saturated carbocycles. The van der Waals surface area contributed by atoms with Crippen molar-refractivity contribution in [3.05, 3.63) is 36.0 Å². The second-order valence-corrected chi connectivity index (χ2v) is 3.64. The number of amides is 1. The number of aromatic amines is 1. The molecule has 2 heterocycles. The summed E-state index contributed by atoms with van der Waals surface area (Å²) in [6.45, 7) is 0. The molecule has 3 aromatic rings. The number of benzene rings is 1. The van der Waals surface area contributed by atoms with E-state index < -0.39 is 11.7 Å². The number of halogens is 1. The van der Waals surface area contributed by atoms with E-state index in [1.54, 1.807) is 6.07 Å². The minimum atomic E-state index is -0.779. The number of nitrogens with one attached hydrogen (secondary N) is 1. The number of aromatic nitrogens is 3. The number of H-pyrrole nitrogens is 1. The SMILES string of the molecule is NC(=O)c1n[nH]nc1-c1c(F)ccc2occc12. The van der Waals surface area contributed by atoms with Crippen LogP contribution in [0, 0.1) is 5.82 Å². The van der Waals surface area contributed by atoms with Crippen molar-refractivity contribution < 1.29 is 13.6 Å². The first kappa shape index (κ1) is 10.5. The topological polar surface area (TPSA) is 97.8 Å². The molecule has 0 aliphatic heterocycles. The van der Waals surface area contributed by atoms with Crippen LogP contribution in [-0.4, -0.2) is 21.3 Å². The lowest BCUT2D eigenvalue weighted by atomic mass is 10.0. The third-order valence-electron chi connectivity index (χ3n) is 2.60. The lowest BCUT2D eigenvalue weighted by Gasteiger charge is -2.01. The van der Waals surface area contributed by atoms with Crippen LogP contribution in [0.2, 0.25) is 0 Å². The Morgan fingerprint density at radius 2 is 2.17 bits per heavy atom. The van der Waals surface area contributed by atoms with Gasteiger partial charge in [-0.15, -0.1) is 0 Å². The van der Waals surface area contributed by atoms with E-state index in [1.165, 1.54) is 18.4 Å². The number of carbonyl (C=O) groups excluding carboxylic acids is 1. The largest absolute Gasteiger partial charge is 0.464 e. The molecule has 1 amide bonds. The smallest absolute Gasteiger partial charge is 0.271 e. The summed E-state index contributed by atoms with van der Waals surface area (Å²) < 4.78 is 19.1. The van der Waals surface area contributed by atoms with Crippen LogP contribution in [0.1, 0.15) is 10.5 Å². The summed E-state index contributed by atoms with van der Waals surface area (Å²) in [4.78, 5) is 11.2. The monoisotopic (exact) mass is 246 g/mol. The zero-order valence-corrected chi connectivity index (χ0v) is 8.98. The number of primary amides is 1. The molecule has 0 fully saturated rings. The maximum absolute atomic E-state index is 13.9. The van der Waals surface area contributed by atoms with Crippen molar-refractivity contribution in [1.29, 1.82) is 0 Å². The summed E-state index contributed by atoms with van der Waals surface area (Å²) >= 11 is 0. The summed E-state index contributed by atoms with van der Waals surface area (Å²) in [6, 6.07) is 4.33. The van der Waals surface area contributed by atoms with E-state index in [4.69, 9.17) is 10.2 Å². The van der Waals surface area contributed by atoms with E-state index in [9.17, 15) is 9.18 Å². The quantitative estimate of drug-likeness (QED) is 0.715. The van der Waals surface area contributed by atoms with Crippen LogP contribution >= 0.6 is 0 Å². The lowest BCUT2D eigenvalue weighted by molar-refractivity contribution is 0.0996. The van der Waals surface area contributed by atoms with Crippen molar-refractivity contribution in [2.75, 3.05) is 0 Å². The third-order valence-corrected chi connectivity index (χ3v) is 2.60. The molecule has 3 rings (SSSR count). The molecule has 0 spiro atoms. The Hall–Kier alpha value is -2.70. The van der Waals surface area contributed by atoms with Gasteiger partial charge in [-0.05, 0) is 18.2 Å². The van der Waals surface area contributed by atoms with Crippen molar-refractivity contribution in [3.63, 3.8) is 0 Å². The first-order valence-corrected chi connectivity index (χ1v) is 5.05. The molecular formula is C11H7FN4O2. The number of fused-ring (bicyclic) bond motifs is 1. The zero-order chi connectivity index (χ0) is 12.7.